The molecule has 1 aliphatic heterocycles. The number of guanidine groups is 1. The van der Waals surface area contributed by atoms with E-state index in [2.05, 4.69) is 48.3 Å². The molecule has 0 aliphatic carbocycles. The van der Waals surface area contributed by atoms with E-state index in [0.29, 0.717) is 13.2 Å². The molecule has 1 heterocycles. The third-order valence-electron chi connectivity index (χ3n) is 5.12. The predicted molar refractivity (Wildman–Crippen MR) is 116 cm³/mol. The molecule has 1 aliphatic rings. The fraction of sp³-hybridized carbons (Fsp3) is 0.435. The van der Waals surface area contributed by atoms with Gasteiger partial charge in [-0.05, 0) is 31.0 Å². The van der Waals surface area contributed by atoms with Gasteiger partial charge in [-0.2, -0.15) is 0 Å². The Bertz CT molecular complexity index is 838. The van der Waals surface area contributed by atoms with Gasteiger partial charge in [-0.25, -0.2) is 4.99 Å². The lowest BCUT2D eigenvalue weighted by atomic mass is 10.0. The first-order chi connectivity index (χ1) is 14.2. The van der Waals surface area contributed by atoms with Crippen molar-refractivity contribution < 1.29 is 14.2 Å². The van der Waals surface area contributed by atoms with Crippen molar-refractivity contribution in [1.29, 1.82) is 0 Å². The molecule has 0 spiro atoms. The number of hydrogen-bond acceptors (Lipinski definition) is 4. The predicted octanol–water partition coefficient (Wildman–Crippen LogP) is 3.55. The van der Waals surface area contributed by atoms with Gasteiger partial charge in [0.15, 0.2) is 17.5 Å². The molecule has 1 N–H and O–H groups in total. The molecule has 1 fully saturated rings. The first-order valence-corrected chi connectivity index (χ1v) is 10.1. The normalized spacial score (nSPS) is 17.2. The van der Waals surface area contributed by atoms with E-state index >= 15 is 0 Å². The summed E-state index contributed by atoms with van der Waals surface area (Å²) in [5.41, 5.74) is 3.48. The smallest absolute Gasteiger partial charge is 0.194 e. The Balaban J connectivity index is 1.79. The Morgan fingerprint density at radius 1 is 1.17 bits per heavy atom. The lowest BCUT2D eigenvalue weighted by Crippen LogP contribution is -2.48. The number of benzene rings is 2. The van der Waals surface area contributed by atoms with E-state index in [1.54, 1.807) is 14.2 Å². The molecule has 2 aromatic rings. The van der Waals surface area contributed by atoms with E-state index in [-0.39, 0.29) is 6.10 Å². The molecule has 0 saturated carbocycles. The molecular formula is C23H31N3O3. The summed E-state index contributed by atoms with van der Waals surface area (Å²) >= 11 is 0. The van der Waals surface area contributed by atoms with Gasteiger partial charge >= 0.3 is 0 Å². The third-order valence-corrected chi connectivity index (χ3v) is 5.12. The second-order valence-electron chi connectivity index (χ2n) is 6.98. The fourth-order valence-electron chi connectivity index (χ4n) is 3.64. The third kappa shape index (κ3) is 5.01. The van der Waals surface area contributed by atoms with Gasteiger partial charge in [0.25, 0.3) is 0 Å². The minimum atomic E-state index is 0.0418. The molecule has 0 aromatic heterocycles. The second-order valence-corrected chi connectivity index (χ2v) is 6.98. The van der Waals surface area contributed by atoms with Crippen LogP contribution in [0.5, 0.6) is 11.5 Å². The first kappa shape index (κ1) is 21.0. The standard InChI is InChI=1S/C23H31N3O3/c1-5-24-23(25-15-18-10-8-12-20(27-3)22(18)28-4)26-13-14-29-21(16-26)19-11-7-6-9-17(19)2/h6-12,21H,5,13-16H2,1-4H3,(H,24,25). The van der Waals surface area contributed by atoms with Crippen LogP contribution in [-0.4, -0.2) is 51.3 Å². The summed E-state index contributed by atoms with van der Waals surface area (Å²) < 4.78 is 17.0. The molecule has 0 radical (unpaired) electrons. The molecule has 1 saturated heterocycles. The molecule has 3 rings (SSSR count). The molecule has 6 heteroatoms. The lowest BCUT2D eigenvalue weighted by molar-refractivity contribution is -0.00834. The van der Waals surface area contributed by atoms with Crippen molar-refractivity contribution in [2.45, 2.75) is 26.5 Å². The summed E-state index contributed by atoms with van der Waals surface area (Å²) in [6, 6.07) is 14.3. The van der Waals surface area contributed by atoms with Crippen LogP contribution in [0.4, 0.5) is 0 Å². The average Bonchev–Trinajstić information content (AvgIpc) is 2.76. The van der Waals surface area contributed by atoms with Crippen molar-refractivity contribution in [3.05, 3.63) is 59.2 Å². The molecule has 1 atom stereocenters. The first-order valence-electron chi connectivity index (χ1n) is 10.1. The largest absolute Gasteiger partial charge is 0.493 e. The molecule has 1 unspecified atom stereocenters. The summed E-state index contributed by atoms with van der Waals surface area (Å²) in [5, 5.41) is 3.42. The lowest BCUT2D eigenvalue weighted by Gasteiger charge is -2.35. The Morgan fingerprint density at radius 3 is 2.72 bits per heavy atom. The van der Waals surface area contributed by atoms with Crippen molar-refractivity contribution >= 4 is 5.96 Å². The highest BCUT2D eigenvalue weighted by atomic mass is 16.5. The highest BCUT2D eigenvalue weighted by molar-refractivity contribution is 5.80. The zero-order valence-electron chi connectivity index (χ0n) is 17.8. The summed E-state index contributed by atoms with van der Waals surface area (Å²) in [5.74, 6) is 2.34. The number of ether oxygens (including phenoxy) is 3. The van der Waals surface area contributed by atoms with E-state index in [1.807, 2.05) is 18.2 Å². The number of rotatable bonds is 6. The molecule has 29 heavy (non-hydrogen) atoms. The van der Waals surface area contributed by atoms with E-state index in [1.165, 1.54) is 11.1 Å². The zero-order valence-corrected chi connectivity index (χ0v) is 17.8. The van der Waals surface area contributed by atoms with Gasteiger partial charge in [0.1, 0.15) is 6.10 Å². The van der Waals surface area contributed by atoms with Gasteiger partial charge < -0.3 is 24.4 Å². The summed E-state index contributed by atoms with van der Waals surface area (Å²) in [6.45, 7) is 7.78. The quantitative estimate of drug-likeness (QED) is 0.597. The molecule has 0 amide bonds. The van der Waals surface area contributed by atoms with Crippen LogP contribution in [0.2, 0.25) is 0 Å². The minimum absolute atomic E-state index is 0.0418. The Hall–Kier alpha value is -2.73. The number of aliphatic imine (C=N–C) groups is 1. The fourth-order valence-corrected chi connectivity index (χ4v) is 3.64. The summed E-state index contributed by atoms with van der Waals surface area (Å²) in [4.78, 5) is 7.16. The minimum Gasteiger partial charge on any atom is -0.493 e. The molecule has 2 aromatic carbocycles. The Labute approximate surface area is 173 Å². The number of para-hydroxylation sites is 1. The second kappa shape index (κ2) is 10.2. The average molecular weight is 398 g/mol. The molecular weight excluding hydrogens is 366 g/mol. The van der Waals surface area contributed by atoms with Gasteiger partial charge in [0.05, 0.1) is 33.9 Å². The maximum Gasteiger partial charge on any atom is 0.194 e. The number of morpholine rings is 1. The topological polar surface area (TPSA) is 55.3 Å². The zero-order chi connectivity index (χ0) is 20.6. The highest BCUT2D eigenvalue weighted by Crippen LogP contribution is 2.31. The molecule has 6 nitrogen and oxygen atoms in total. The number of hydrogen-bond donors (Lipinski definition) is 1. The van der Waals surface area contributed by atoms with E-state index in [9.17, 15) is 0 Å². The van der Waals surface area contributed by atoms with Crippen molar-refractivity contribution in [2.75, 3.05) is 40.5 Å². The van der Waals surface area contributed by atoms with Crippen LogP contribution >= 0.6 is 0 Å². The van der Waals surface area contributed by atoms with Crippen LogP contribution in [-0.2, 0) is 11.3 Å². The summed E-state index contributed by atoms with van der Waals surface area (Å²) in [6.07, 6.45) is 0.0418. The van der Waals surface area contributed by atoms with Crippen molar-refractivity contribution in [2.24, 2.45) is 4.99 Å². The van der Waals surface area contributed by atoms with Crippen LogP contribution in [0.1, 0.15) is 29.7 Å². The van der Waals surface area contributed by atoms with E-state index in [4.69, 9.17) is 19.2 Å². The molecule has 0 bridgehead atoms. The van der Waals surface area contributed by atoms with Crippen LogP contribution in [0.25, 0.3) is 0 Å². The van der Waals surface area contributed by atoms with Crippen molar-refractivity contribution in [3.8, 4) is 11.5 Å². The van der Waals surface area contributed by atoms with Crippen LogP contribution < -0.4 is 14.8 Å². The van der Waals surface area contributed by atoms with Crippen LogP contribution in [0, 0.1) is 6.92 Å². The van der Waals surface area contributed by atoms with Gasteiger partial charge in [-0.1, -0.05) is 36.4 Å². The molecule has 156 valence electrons. The van der Waals surface area contributed by atoms with Gasteiger partial charge in [0, 0.05) is 18.7 Å². The van der Waals surface area contributed by atoms with E-state index in [0.717, 1.165) is 42.7 Å². The van der Waals surface area contributed by atoms with Crippen molar-refractivity contribution in [3.63, 3.8) is 0 Å². The van der Waals surface area contributed by atoms with Crippen molar-refractivity contribution in [1.82, 2.24) is 10.2 Å². The van der Waals surface area contributed by atoms with Crippen LogP contribution in [0.15, 0.2) is 47.5 Å². The van der Waals surface area contributed by atoms with Gasteiger partial charge in [-0.15, -0.1) is 0 Å². The maximum absolute atomic E-state index is 6.07. The SMILES string of the molecule is CCNC(=NCc1cccc(OC)c1OC)N1CCOC(c2ccccc2C)C1. The maximum atomic E-state index is 6.07. The summed E-state index contributed by atoms with van der Waals surface area (Å²) in [7, 11) is 3.31. The number of nitrogens with one attached hydrogen (secondary N) is 1. The Morgan fingerprint density at radius 2 is 2.00 bits per heavy atom. The van der Waals surface area contributed by atoms with Gasteiger partial charge in [0.2, 0.25) is 0 Å². The number of nitrogens with zero attached hydrogens (tertiary/aromatic N) is 2. The highest BCUT2D eigenvalue weighted by Gasteiger charge is 2.25. The monoisotopic (exact) mass is 397 g/mol. The Kier molecular flexibility index (Phi) is 7.36. The van der Waals surface area contributed by atoms with E-state index < -0.39 is 0 Å². The number of aryl methyl sites for hydroxylation is 1. The van der Waals surface area contributed by atoms with Gasteiger partial charge in [-0.3, -0.25) is 0 Å². The number of methoxy groups -OCH3 is 2. The van der Waals surface area contributed by atoms with Crippen LogP contribution in [0.3, 0.4) is 0 Å².